The molecule has 0 bridgehead atoms. The highest BCUT2D eigenvalue weighted by Gasteiger charge is 2.42. The maximum atomic E-state index is 13.0. The van der Waals surface area contributed by atoms with E-state index in [1.165, 1.54) is 6.08 Å². The van der Waals surface area contributed by atoms with Crippen LogP contribution < -0.4 is 0 Å². The van der Waals surface area contributed by atoms with Gasteiger partial charge in [-0.2, -0.15) is 0 Å². The summed E-state index contributed by atoms with van der Waals surface area (Å²) in [6.45, 7) is -0.519. The summed E-state index contributed by atoms with van der Waals surface area (Å²) in [5.41, 5.74) is 0.868. The number of halogens is 2. The molecule has 0 aromatic heterocycles. The lowest BCUT2D eigenvalue weighted by atomic mass is 9.95. The Bertz CT molecular complexity index is 379. The third-order valence-electron chi connectivity index (χ3n) is 2.79. The minimum Gasteiger partial charge on any atom is -0.389 e. The van der Waals surface area contributed by atoms with Gasteiger partial charge in [0, 0.05) is 10.4 Å². The molecule has 2 rings (SSSR count). The second kappa shape index (κ2) is 3.95. The molecule has 3 heteroatoms. The van der Waals surface area contributed by atoms with E-state index >= 15 is 0 Å². The number of benzene rings is 1. The lowest BCUT2D eigenvalue weighted by molar-refractivity contribution is 0.296. The molecule has 0 saturated heterocycles. The maximum Gasteiger partial charge on any atom is 0.122 e. The molecule has 1 aliphatic carbocycles. The summed E-state index contributed by atoms with van der Waals surface area (Å²) in [5.74, 6) is -0.456. The average molecular weight is 227 g/mol. The Balaban J connectivity index is 2.27. The van der Waals surface area contributed by atoms with Crippen LogP contribution in [0.5, 0.6) is 0 Å². The van der Waals surface area contributed by atoms with Crippen molar-refractivity contribution in [2.45, 2.75) is 18.3 Å². The molecule has 0 aliphatic heterocycles. The van der Waals surface area contributed by atoms with Crippen LogP contribution in [0.25, 0.3) is 0 Å². The summed E-state index contributed by atoms with van der Waals surface area (Å²) in [5, 5.41) is 9.33. The van der Waals surface area contributed by atoms with E-state index in [4.69, 9.17) is 16.7 Å². The zero-order valence-corrected chi connectivity index (χ0v) is 8.97. The van der Waals surface area contributed by atoms with Crippen LogP contribution >= 0.6 is 11.6 Å². The van der Waals surface area contributed by atoms with Crippen molar-refractivity contribution < 1.29 is 9.50 Å². The Labute approximate surface area is 93.2 Å². The average Bonchev–Trinajstić information content (AvgIpc) is 3.00. The van der Waals surface area contributed by atoms with E-state index in [9.17, 15) is 4.39 Å². The molecule has 0 heterocycles. The van der Waals surface area contributed by atoms with Gasteiger partial charge >= 0.3 is 0 Å². The van der Waals surface area contributed by atoms with E-state index in [1.807, 2.05) is 24.3 Å². The van der Waals surface area contributed by atoms with Gasteiger partial charge in [-0.15, -0.1) is 0 Å². The number of hydrogen-bond donors (Lipinski definition) is 1. The highest BCUT2D eigenvalue weighted by atomic mass is 35.5. The SMILES string of the molecule is OCC(F)=CC1(c2ccc(Cl)cc2)CC1. The van der Waals surface area contributed by atoms with Crippen molar-refractivity contribution in [1.82, 2.24) is 0 Å². The van der Waals surface area contributed by atoms with E-state index in [0.717, 1.165) is 18.4 Å². The van der Waals surface area contributed by atoms with Crippen molar-refractivity contribution in [1.29, 1.82) is 0 Å². The Morgan fingerprint density at radius 2 is 2.00 bits per heavy atom. The minimum absolute atomic E-state index is 0.197. The van der Waals surface area contributed by atoms with Crippen LogP contribution in [0.4, 0.5) is 4.39 Å². The molecule has 1 fully saturated rings. The monoisotopic (exact) mass is 226 g/mol. The van der Waals surface area contributed by atoms with Crippen LogP contribution in [0, 0.1) is 0 Å². The second-order valence-corrected chi connectivity index (χ2v) is 4.35. The van der Waals surface area contributed by atoms with Gasteiger partial charge in [0.15, 0.2) is 0 Å². The van der Waals surface area contributed by atoms with Gasteiger partial charge in [0.1, 0.15) is 5.83 Å². The quantitative estimate of drug-likeness (QED) is 0.839. The van der Waals surface area contributed by atoms with Gasteiger partial charge in [0.2, 0.25) is 0 Å². The number of rotatable bonds is 3. The number of aliphatic hydroxyl groups excluding tert-OH is 1. The molecule has 1 nitrogen and oxygen atoms in total. The number of aliphatic hydroxyl groups is 1. The standard InChI is InChI=1S/C12H12ClFO/c13-10-3-1-9(2-4-10)12(5-6-12)7-11(14)8-15/h1-4,7,15H,5-6,8H2. The van der Waals surface area contributed by atoms with Crippen LogP contribution in [0.2, 0.25) is 5.02 Å². The predicted molar refractivity (Wildman–Crippen MR) is 58.6 cm³/mol. The lowest BCUT2D eigenvalue weighted by Gasteiger charge is -2.10. The predicted octanol–water partition coefficient (Wildman–Crippen LogP) is 3.22. The second-order valence-electron chi connectivity index (χ2n) is 3.91. The first kappa shape index (κ1) is 10.7. The van der Waals surface area contributed by atoms with Gasteiger partial charge in [0.05, 0.1) is 6.61 Å². The zero-order chi connectivity index (χ0) is 10.9. The van der Waals surface area contributed by atoms with Gasteiger partial charge in [0.25, 0.3) is 0 Å². The first-order valence-electron chi connectivity index (χ1n) is 4.90. The van der Waals surface area contributed by atoms with Gasteiger partial charge in [-0.25, -0.2) is 4.39 Å². The third-order valence-corrected chi connectivity index (χ3v) is 3.04. The fourth-order valence-electron chi connectivity index (χ4n) is 1.78. The van der Waals surface area contributed by atoms with Crippen molar-refractivity contribution in [3.05, 3.63) is 46.8 Å². The molecule has 1 saturated carbocycles. The van der Waals surface area contributed by atoms with Crippen molar-refractivity contribution in [3.8, 4) is 0 Å². The van der Waals surface area contributed by atoms with Gasteiger partial charge < -0.3 is 5.11 Å². The molecule has 0 amide bonds. The van der Waals surface area contributed by atoms with Crippen LogP contribution in [-0.4, -0.2) is 11.7 Å². The topological polar surface area (TPSA) is 20.2 Å². The molecular weight excluding hydrogens is 215 g/mol. The molecule has 0 radical (unpaired) electrons. The first-order valence-corrected chi connectivity index (χ1v) is 5.28. The van der Waals surface area contributed by atoms with Crippen molar-refractivity contribution >= 4 is 11.6 Å². The van der Waals surface area contributed by atoms with E-state index in [-0.39, 0.29) is 5.41 Å². The molecule has 1 aromatic rings. The zero-order valence-electron chi connectivity index (χ0n) is 8.21. The van der Waals surface area contributed by atoms with E-state index in [1.54, 1.807) is 0 Å². The van der Waals surface area contributed by atoms with Gasteiger partial charge in [-0.1, -0.05) is 23.7 Å². The van der Waals surface area contributed by atoms with Crippen molar-refractivity contribution in [3.63, 3.8) is 0 Å². The molecule has 1 aliphatic rings. The largest absolute Gasteiger partial charge is 0.389 e. The van der Waals surface area contributed by atoms with Crippen LogP contribution in [0.1, 0.15) is 18.4 Å². The summed E-state index contributed by atoms with van der Waals surface area (Å²) in [4.78, 5) is 0. The number of hydrogen-bond acceptors (Lipinski definition) is 1. The Morgan fingerprint density at radius 3 is 2.47 bits per heavy atom. The molecule has 80 valence electrons. The Hall–Kier alpha value is -0.860. The van der Waals surface area contributed by atoms with Gasteiger partial charge in [-0.05, 0) is 36.6 Å². The summed E-state index contributed by atoms with van der Waals surface area (Å²) in [7, 11) is 0. The highest BCUT2D eigenvalue weighted by molar-refractivity contribution is 6.30. The van der Waals surface area contributed by atoms with Crippen molar-refractivity contribution in [2.75, 3.05) is 6.61 Å². The smallest absolute Gasteiger partial charge is 0.122 e. The Kier molecular flexibility index (Phi) is 2.81. The van der Waals surface area contributed by atoms with Crippen molar-refractivity contribution in [2.24, 2.45) is 0 Å². The highest BCUT2D eigenvalue weighted by Crippen LogP contribution is 2.50. The third kappa shape index (κ3) is 2.21. The fraction of sp³-hybridized carbons (Fsp3) is 0.333. The van der Waals surface area contributed by atoms with Crippen LogP contribution in [-0.2, 0) is 5.41 Å². The Morgan fingerprint density at radius 1 is 1.40 bits per heavy atom. The lowest BCUT2D eigenvalue weighted by Crippen LogP contribution is -2.03. The minimum atomic E-state index is -0.519. The summed E-state index contributed by atoms with van der Waals surface area (Å²) < 4.78 is 13.0. The van der Waals surface area contributed by atoms with E-state index < -0.39 is 12.4 Å². The maximum absolute atomic E-state index is 13.0. The normalized spacial score (nSPS) is 19.0. The molecule has 0 unspecified atom stereocenters. The summed E-state index contributed by atoms with van der Waals surface area (Å²) in [6.07, 6.45) is 3.39. The van der Waals surface area contributed by atoms with E-state index in [0.29, 0.717) is 5.02 Å². The van der Waals surface area contributed by atoms with Crippen LogP contribution in [0.3, 0.4) is 0 Å². The number of allylic oxidation sites excluding steroid dienone is 1. The molecule has 1 aromatic carbocycles. The van der Waals surface area contributed by atoms with Crippen LogP contribution in [0.15, 0.2) is 36.2 Å². The molecular formula is C12H12ClFO. The summed E-state index contributed by atoms with van der Waals surface area (Å²) >= 11 is 5.79. The molecule has 15 heavy (non-hydrogen) atoms. The first-order chi connectivity index (χ1) is 7.16. The summed E-state index contributed by atoms with van der Waals surface area (Å²) in [6, 6.07) is 7.44. The van der Waals surface area contributed by atoms with Gasteiger partial charge in [-0.3, -0.25) is 0 Å². The molecule has 0 atom stereocenters. The molecule has 1 N–H and O–H groups in total. The molecule has 0 spiro atoms. The fourth-order valence-corrected chi connectivity index (χ4v) is 1.90. The van der Waals surface area contributed by atoms with E-state index in [2.05, 4.69) is 0 Å².